The Balaban J connectivity index is 1.55. The van der Waals surface area contributed by atoms with Gasteiger partial charge < -0.3 is 5.32 Å². The number of hydrogen-bond donors (Lipinski definition) is 1. The summed E-state index contributed by atoms with van der Waals surface area (Å²) < 4.78 is 0. The Hall–Kier alpha value is -2.01. The summed E-state index contributed by atoms with van der Waals surface area (Å²) in [5.41, 5.74) is 2.43. The van der Waals surface area contributed by atoms with Gasteiger partial charge in [-0.1, -0.05) is 0 Å². The van der Waals surface area contributed by atoms with E-state index >= 15 is 0 Å². The van der Waals surface area contributed by atoms with E-state index in [1.807, 2.05) is 25.5 Å². The molecule has 1 saturated heterocycles. The molecule has 2 aromatic rings. The number of pyridine rings is 1. The third kappa shape index (κ3) is 4.01. The van der Waals surface area contributed by atoms with Crippen molar-refractivity contribution in [3.63, 3.8) is 0 Å². The largest absolute Gasteiger partial charge is 0.372 e. The normalized spacial score (nSPS) is 19.0. The third-order valence-corrected chi connectivity index (χ3v) is 4.23. The molecule has 1 fully saturated rings. The quantitative estimate of drug-likeness (QED) is 0.918. The van der Waals surface area contributed by atoms with Crippen molar-refractivity contribution in [2.75, 3.05) is 25.5 Å². The standard InChI is InChI=1S/C17H23N5/c1-18-17-5-4-16(20-21-17)11-15-3-2-10-22(13-15)12-14-6-8-19-9-7-14/h4-9,15H,2-3,10-13H2,1H3,(H,18,21). The Kier molecular flexibility index (Phi) is 4.96. The molecule has 3 rings (SSSR count). The molecule has 1 N–H and O–H groups in total. The highest BCUT2D eigenvalue weighted by molar-refractivity contribution is 5.31. The smallest absolute Gasteiger partial charge is 0.148 e. The van der Waals surface area contributed by atoms with Crippen LogP contribution in [0.5, 0.6) is 0 Å². The van der Waals surface area contributed by atoms with E-state index < -0.39 is 0 Å². The van der Waals surface area contributed by atoms with Gasteiger partial charge in [0.1, 0.15) is 5.82 Å². The fourth-order valence-electron chi connectivity index (χ4n) is 3.11. The van der Waals surface area contributed by atoms with E-state index in [0.717, 1.165) is 31.0 Å². The number of nitrogens with one attached hydrogen (secondary N) is 1. The molecule has 1 aliphatic rings. The fourth-order valence-corrected chi connectivity index (χ4v) is 3.11. The van der Waals surface area contributed by atoms with Crippen LogP contribution in [0.15, 0.2) is 36.7 Å². The van der Waals surface area contributed by atoms with Crippen molar-refractivity contribution in [2.24, 2.45) is 5.92 Å². The van der Waals surface area contributed by atoms with Crippen LogP contribution in [-0.2, 0) is 13.0 Å². The molecule has 5 nitrogen and oxygen atoms in total. The minimum Gasteiger partial charge on any atom is -0.372 e. The first-order valence-electron chi connectivity index (χ1n) is 7.95. The maximum absolute atomic E-state index is 4.31. The molecule has 22 heavy (non-hydrogen) atoms. The number of hydrogen-bond acceptors (Lipinski definition) is 5. The highest BCUT2D eigenvalue weighted by Gasteiger charge is 2.20. The molecule has 3 heterocycles. The van der Waals surface area contributed by atoms with E-state index in [-0.39, 0.29) is 0 Å². The van der Waals surface area contributed by atoms with Gasteiger partial charge in [0.25, 0.3) is 0 Å². The summed E-state index contributed by atoms with van der Waals surface area (Å²) in [4.78, 5) is 6.63. The average molecular weight is 297 g/mol. The molecule has 0 bridgehead atoms. The number of piperidine rings is 1. The minimum absolute atomic E-state index is 0.672. The minimum atomic E-state index is 0.672. The van der Waals surface area contributed by atoms with Crippen molar-refractivity contribution in [1.29, 1.82) is 0 Å². The summed E-state index contributed by atoms with van der Waals surface area (Å²) in [5, 5.41) is 11.5. The van der Waals surface area contributed by atoms with Gasteiger partial charge in [0.2, 0.25) is 0 Å². The Labute approximate surface area is 131 Å². The average Bonchev–Trinajstić information content (AvgIpc) is 2.57. The molecule has 2 aromatic heterocycles. The molecular formula is C17H23N5. The van der Waals surface area contributed by atoms with Crippen LogP contribution < -0.4 is 5.32 Å². The number of aromatic nitrogens is 3. The molecular weight excluding hydrogens is 274 g/mol. The van der Waals surface area contributed by atoms with Gasteiger partial charge in [-0.2, -0.15) is 5.10 Å². The van der Waals surface area contributed by atoms with Crippen LogP contribution in [0.4, 0.5) is 5.82 Å². The lowest BCUT2D eigenvalue weighted by Crippen LogP contribution is -2.35. The van der Waals surface area contributed by atoms with Gasteiger partial charge >= 0.3 is 0 Å². The predicted octanol–water partition coefficient (Wildman–Crippen LogP) is 2.37. The Morgan fingerprint density at radius 1 is 1.18 bits per heavy atom. The SMILES string of the molecule is CNc1ccc(CC2CCCN(Cc3ccncc3)C2)nn1. The Bertz CT molecular complexity index is 569. The number of rotatable bonds is 5. The molecule has 0 radical (unpaired) electrons. The zero-order valence-electron chi connectivity index (χ0n) is 13.1. The van der Waals surface area contributed by atoms with Gasteiger partial charge in [-0.3, -0.25) is 9.88 Å². The van der Waals surface area contributed by atoms with Crippen LogP contribution in [0.2, 0.25) is 0 Å². The summed E-state index contributed by atoms with van der Waals surface area (Å²) in [6.07, 6.45) is 7.30. The number of likely N-dealkylation sites (tertiary alicyclic amines) is 1. The second kappa shape index (κ2) is 7.31. The van der Waals surface area contributed by atoms with E-state index in [1.54, 1.807) is 0 Å². The van der Waals surface area contributed by atoms with Crippen LogP contribution in [0.25, 0.3) is 0 Å². The van der Waals surface area contributed by atoms with E-state index in [1.165, 1.54) is 24.9 Å². The molecule has 1 unspecified atom stereocenters. The zero-order valence-corrected chi connectivity index (χ0v) is 13.1. The van der Waals surface area contributed by atoms with E-state index in [4.69, 9.17) is 0 Å². The topological polar surface area (TPSA) is 53.9 Å². The van der Waals surface area contributed by atoms with Crippen LogP contribution in [0.1, 0.15) is 24.1 Å². The fraction of sp³-hybridized carbons (Fsp3) is 0.471. The highest BCUT2D eigenvalue weighted by Crippen LogP contribution is 2.21. The monoisotopic (exact) mass is 297 g/mol. The van der Waals surface area contributed by atoms with Gasteiger partial charge in [-0.25, -0.2) is 0 Å². The van der Waals surface area contributed by atoms with Crippen molar-refractivity contribution in [2.45, 2.75) is 25.8 Å². The number of anilines is 1. The Morgan fingerprint density at radius 3 is 2.77 bits per heavy atom. The lowest BCUT2D eigenvalue weighted by molar-refractivity contribution is 0.166. The van der Waals surface area contributed by atoms with Crippen LogP contribution in [0, 0.1) is 5.92 Å². The predicted molar refractivity (Wildman–Crippen MR) is 87.5 cm³/mol. The van der Waals surface area contributed by atoms with Crippen molar-refractivity contribution >= 4 is 5.82 Å². The lowest BCUT2D eigenvalue weighted by Gasteiger charge is -2.32. The van der Waals surface area contributed by atoms with Crippen LogP contribution in [-0.4, -0.2) is 40.2 Å². The molecule has 5 heteroatoms. The van der Waals surface area contributed by atoms with Gasteiger partial charge in [0, 0.05) is 32.5 Å². The Morgan fingerprint density at radius 2 is 2.05 bits per heavy atom. The molecule has 0 saturated carbocycles. The maximum atomic E-state index is 4.31. The van der Waals surface area contributed by atoms with Crippen LogP contribution in [0.3, 0.4) is 0 Å². The second-order valence-electron chi connectivity index (χ2n) is 5.96. The molecule has 0 aromatic carbocycles. The molecule has 116 valence electrons. The molecule has 1 aliphatic heterocycles. The highest BCUT2D eigenvalue weighted by atomic mass is 15.2. The van der Waals surface area contributed by atoms with E-state index in [0.29, 0.717) is 5.92 Å². The molecule has 0 spiro atoms. The molecule has 0 amide bonds. The first-order chi connectivity index (χ1) is 10.8. The maximum Gasteiger partial charge on any atom is 0.148 e. The summed E-state index contributed by atoms with van der Waals surface area (Å²) >= 11 is 0. The zero-order chi connectivity index (χ0) is 15.2. The van der Waals surface area contributed by atoms with Crippen molar-refractivity contribution in [3.8, 4) is 0 Å². The number of nitrogens with zero attached hydrogens (tertiary/aromatic N) is 4. The molecule has 1 atom stereocenters. The summed E-state index contributed by atoms with van der Waals surface area (Å²) in [5.74, 6) is 1.50. The summed E-state index contributed by atoms with van der Waals surface area (Å²) in [6.45, 7) is 3.34. The summed E-state index contributed by atoms with van der Waals surface area (Å²) in [7, 11) is 1.86. The third-order valence-electron chi connectivity index (χ3n) is 4.23. The van der Waals surface area contributed by atoms with E-state index in [9.17, 15) is 0 Å². The second-order valence-corrected chi connectivity index (χ2v) is 5.96. The first kappa shape index (κ1) is 14.9. The van der Waals surface area contributed by atoms with Crippen molar-refractivity contribution in [1.82, 2.24) is 20.1 Å². The summed E-state index contributed by atoms with van der Waals surface area (Å²) in [6, 6.07) is 8.29. The first-order valence-corrected chi connectivity index (χ1v) is 7.95. The van der Waals surface area contributed by atoms with Gasteiger partial charge in [0.05, 0.1) is 5.69 Å². The van der Waals surface area contributed by atoms with Crippen molar-refractivity contribution in [3.05, 3.63) is 47.9 Å². The van der Waals surface area contributed by atoms with Gasteiger partial charge in [-0.05, 0) is 61.6 Å². The van der Waals surface area contributed by atoms with Crippen molar-refractivity contribution < 1.29 is 0 Å². The lowest BCUT2D eigenvalue weighted by atomic mass is 9.93. The van der Waals surface area contributed by atoms with Crippen LogP contribution >= 0.6 is 0 Å². The van der Waals surface area contributed by atoms with E-state index in [2.05, 4.69) is 43.6 Å². The molecule has 0 aliphatic carbocycles. The van der Waals surface area contributed by atoms with Gasteiger partial charge in [0.15, 0.2) is 0 Å². The van der Waals surface area contributed by atoms with Gasteiger partial charge in [-0.15, -0.1) is 5.10 Å².